The molecule has 0 bridgehead atoms. The molecule has 9 heteroatoms. The molecule has 0 fully saturated rings. The summed E-state index contributed by atoms with van der Waals surface area (Å²) in [5.41, 5.74) is 0.819. The van der Waals surface area contributed by atoms with Gasteiger partial charge < -0.3 is 11.2 Å². The number of nitrogens with zero attached hydrogens (tertiary/aromatic N) is 3. The lowest BCUT2D eigenvalue weighted by Gasteiger charge is -2.18. The van der Waals surface area contributed by atoms with Crippen LogP contribution < -0.4 is 11.2 Å². The van der Waals surface area contributed by atoms with Crippen molar-refractivity contribution in [1.29, 1.82) is 0 Å². The summed E-state index contributed by atoms with van der Waals surface area (Å²) in [5.74, 6) is 6.02. The van der Waals surface area contributed by atoms with Crippen LogP contribution in [0.2, 0.25) is 0 Å². The van der Waals surface area contributed by atoms with Crippen molar-refractivity contribution in [3.8, 4) is 0 Å². The number of hydrogen-bond donors (Lipinski definition) is 2. The van der Waals surface area contributed by atoms with Crippen molar-refractivity contribution in [3.05, 3.63) is 63.9 Å². The fourth-order valence-corrected chi connectivity index (χ4v) is 3.73. The molecule has 1 aromatic carbocycles. The van der Waals surface area contributed by atoms with Crippen molar-refractivity contribution in [2.45, 2.75) is 18.1 Å². The monoisotopic (exact) mass is 377 g/mol. The van der Waals surface area contributed by atoms with Crippen molar-refractivity contribution in [2.24, 2.45) is 0 Å². The highest BCUT2D eigenvalue weighted by molar-refractivity contribution is 7.99. The number of carbonyl (C=O) groups excluding carboxylic acids is 1. The number of amides is 1. The number of nitrogen functional groups attached to an aromatic ring is 1. The predicted octanol–water partition coefficient (Wildman–Crippen LogP) is 2.50. The van der Waals surface area contributed by atoms with Gasteiger partial charge in [-0.2, -0.15) is 0 Å². The standard InChI is InChI=1S/C16H16FN5OS2/c1-10-20-21-16(22(10)18)25-9-14(23)19-15(13-3-2-8-24-13)11-4-6-12(17)7-5-11/h2-8,15H,9,18H2,1H3,(H,19,23)/t15-/m1/s1. The first-order valence-electron chi connectivity index (χ1n) is 7.42. The summed E-state index contributed by atoms with van der Waals surface area (Å²) in [6.07, 6.45) is 0. The first-order valence-corrected chi connectivity index (χ1v) is 9.29. The number of aryl methyl sites for hydroxylation is 1. The number of thiophene rings is 1. The van der Waals surface area contributed by atoms with E-state index in [-0.39, 0.29) is 23.5 Å². The summed E-state index contributed by atoms with van der Waals surface area (Å²) >= 11 is 2.74. The molecule has 0 radical (unpaired) electrons. The van der Waals surface area contributed by atoms with E-state index < -0.39 is 0 Å². The highest BCUT2D eigenvalue weighted by Crippen LogP contribution is 2.26. The van der Waals surface area contributed by atoms with Crippen LogP contribution in [0.1, 0.15) is 22.3 Å². The SMILES string of the molecule is Cc1nnc(SCC(=O)N[C@H](c2ccc(F)cc2)c2cccs2)n1N. The molecular weight excluding hydrogens is 361 g/mol. The maximum Gasteiger partial charge on any atom is 0.231 e. The molecule has 0 aliphatic carbocycles. The molecule has 1 amide bonds. The Labute approximate surface area is 152 Å². The number of nitrogens with two attached hydrogens (primary N) is 1. The van der Waals surface area contributed by atoms with E-state index in [1.807, 2.05) is 17.5 Å². The second-order valence-electron chi connectivity index (χ2n) is 5.26. The molecule has 0 aliphatic rings. The minimum Gasteiger partial charge on any atom is -0.344 e. The molecule has 2 aromatic heterocycles. The third-order valence-corrected chi connectivity index (χ3v) is 5.38. The minimum atomic E-state index is -0.328. The molecule has 3 N–H and O–H groups in total. The number of thioether (sulfide) groups is 1. The number of rotatable bonds is 6. The number of nitrogens with one attached hydrogen (secondary N) is 1. The van der Waals surface area contributed by atoms with Gasteiger partial charge in [-0.15, -0.1) is 21.5 Å². The van der Waals surface area contributed by atoms with Crippen LogP contribution in [-0.2, 0) is 4.79 Å². The Kier molecular flexibility index (Phi) is 5.34. The van der Waals surface area contributed by atoms with Gasteiger partial charge in [0.1, 0.15) is 11.6 Å². The molecule has 130 valence electrons. The third-order valence-electron chi connectivity index (χ3n) is 3.50. The lowest BCUT2D eigenvalue weighted by molar-refractivity contribution is -0.119. The van der Waals surface area contributed by atoms with E-state index in [0.717, 1.165) is 10.4 Å². The molecular formula is C16H16FN5OS2. The molecule has 0 saturated carbocycles. The van der Waals surface area contributed by atoms with E-state index >= 15 is 0 Å². The van der Waals surface area contributed by atoms with Crippen LogP contribution in [0.25, 0.3) is 0 Å². The fraction of sp³-hybridized carbons (Fsp3) is 0.188. The lowest BCUT2D eigenvalue weighted by atomic mass is 10.1. The van der Waals surface area contributed by atoms with E-state index in [4.69, 9.17) is 5.84 Å². The largest absolute Gasteiger partial charge is 0.344 e. The van der Waals surface area contributed by atoms with Crippen LogP contribution in [0, 0.1) is 12.7 Å². The van der Waals surface area contributed by atoms with Gasteiger partial charge in [-0.1, -0.05) is 30.0 Å². The average molecular weight is 377 g/mol. The summed E-state index contributed by atoms with van der Waals surface area (Å²) in [7, 11) is 0. The van der Waals surface area contributed by atoms with Crippen LogP contribution in [-0.4, -0.2) is 26.5 Å². The Morgan fingerprint density at radius 2 is 2.12 bits per heavy atom. The molecule has 0 aliphatic heterocycles. The van der Waals surface area contributed by atoms with E-state index in [9.17, 15) is 9.18 Å². The summed E-state index contributed by atoms with van der Waals surface area (Å²) in [4.78, 5) is 13.4. The zero-order valence-corrected chi connectivity index (χ0v) is 15.0. The molecule has 1 atom stereocenters. The second-order valence-corrected chi connectivity index (χ2v) is 7.18. The van der Waals surface area contributed by atoms with Crippen molar-refractivity contribution in [3.63, 3.8) is 0 Å². The Morgan fingerprint density at radius 3 is 2.72 bits per heavy atom. The predicted molar refractivity (Wildman–Crippen MR) is 96.3 cm³/mol. The van der Waals surface area contributed by atoms with Crippen molar-refractivity contribution >= 4 is 29.0 Å². The van der Waals surface area contributed by atoms with Crippen LogP contribution >= 0.6 is 23.1 Å². The molecule has 25 heavy (non-hydrogen) atoms. The Bertz CT molecular complexity index is 848. The van der Waals surface area contributed by atoms with Gasteiger partial charge in [0.05, 0.1) is 11.8 Å². The molecule has 0 spiro atoms. The number of hydrogen-bond acceptors (Lipinski definition) is 6. The highest BCUT2D eigenvalue weighted by atomic mass is 32.2. The molecule has 0 saturated heterocycles. The van der Waals surface area contributed by atoms with E-state index in [0.29, 0.717) is 11.0 Å². The quantitative estimate of drug-likeness (QED) is 0.509. The smallest absolute Gasteiger partial charge is 0.231 e. The minimum absolute atomic E-state index is 0.151. The van der Waals surface area contributed by atoms with Gasteiger partial charge >= 0.3 is 0 Å². The van der Waals surface area contributed by atoms with E-state index in [1.165, 1.54) is 39.9 Å². The van der Waals surface area contributed by atoms with Gasteiger partial charge in [-0.05, 0) is 36.1 Å². The third kappa shape index (κ3) is 4.18. The average Bonchev–Trinajstić information content (AvgIpc) is 3.24. The molecule has 2 heterocycles. The summed E-state index contributed by atoms with van der Waals surface area (Å²) in [5, 5.41) is 13.2. The van der Waals surface area contributed by atoms with Crippen LogP contribution in [0.3, 0.4) is 0 Å². The normalized spacial score (nSPS) is 12.1. The Hall–Kier alpha value is -2.39. The second kappa shape index (κ2) is 7.66. The summed E-state index contributed by atoms with van der Waals surface area (Å²) in [6.45, 7) is 1.73. The maximum absolute atomic E-state index is 13.2. The van der Waals surface area contributed by atoms with Gasteiger partial charge in [-0.3, -0.25) is 4.79 Å². The number of aromatic nitrogens is 3. The fourth-order valence-electron chi connectivity index (χ4n) is 2.21. The summed E-state index contributed by atoms with van der Waals surface area (Å²) < 4.78 is 14.5. The van der Waals surface area contributed by atoms with Crippen LogP contribution in [0.4, 0.5) is 4.39 Å². The highest BCUT2D eigenvalue weighted by Gasteiger charge is 2.19. The number of halogens is 1. The maximum atomic E-state index is 13.2. The van der Waals surface area contributed by atoms with Crippen molar-refractivity contribution < 1.29 is 9.18 Å². The topological polar surface area (TPSA) is 85.8 Å². The number of benzene rings is 1. The summed E-state index contributed by atoms with van der Waals surface area (Å²) in [6, 6.07) is 9.64. The van der Waals surface area contributed by atoms with Gasteiger partial charge in [0.25, 0.3) is 0 Å². The molecule has 0 unspecified atom stereocenters. The first kappa shape index (κ1) is 17.4. The van der Waals surface area contributed by atoms with Gasteiger partial charge in [0.2, 0.25) is 11.1 Å². The zero-order chi connectivity index (χ0) is 17.8. The van der Waals surface area contributed by atoms with Gasteiger partial charge in [0.15, 0.2) is 0 Å². The first-order chi connectivity index (χ1) is 12.0. The van der Waals surface area contributed by atoms with Crippen LogP contribution in [0.5, 0.6) is 0 Å². The zero-order valence-electron chi connectivity index (χ0n) is 13.3. The molecule has 3 rings (SSSR count). The van der Waals surface area contributed by atoms with Crippen LogP contribution in [0.15, 0.2) is 46.9 Å². The van der Waals surface area contributed by atoms with Crippen molar-refractivity contribution in [1.82, 2.24) is 20.2 Å². The van der Waals surface area contributed by atoms with E-state index in [1.54, 1.807) is 19.1 Å². The Morgan fingerprint density at radius 1 is 1.36 bits per heavy atom. The number of carbonyl (C=O) groups is 1. The van der Waals surface area contributed by atoms with Gasteiger partial charge in [-0.25, -0.2) is 9.07 Å². The lowest BCUT2D eigenvalue weighted by Crippen LogP contribution is -2.30. The Balaban J connectivity index is 1.70. The molecule has 6 nitrogen and oxygen atoms in total. The van der Waals surface area contributed by atoms with Gasteiger partial charge in [0, 0.05) is 4.88 Å². The molecule has 3 aromatic rings. The van der Waals surface area contributed by atoms with Crippen molar-refractivity contribution in [2.75, 3.05) is 11.6 Å². The van der Waals surface area contributed by atoms with E-state index in [2.05, 4.69) is 15.5 Å².